The molecule has 0 spiro atoms. The summed E-state index contributed by atoms with van der Waals surface area (Å²) in [6, 6.07) is 14.0. The van der Waals surface area contributed by atoms with Gasteiger partial charge >= 0.3 is 0 Å². The Morgan fingerprint density at radius 2 is 1.97 bits per heavy atom. The third-order valence-corrected chi connectivity index (χ3v) is 4.66. The van der Waals surface area contributed by atoms with E-state index >= 15 is 0 Å². The van der Waals surface area contributed by atoms with Gasteiger partial charge in [-0.05, 0) is 37.1 Å². The van der Waals surface area contributed by atoms with Crippen molar-refractivity contribution < 1.29 is 9.13 Å². The quantitative estimate of drug-likeness (QED) is 0.444. The van der Waals surface area contributed by atoms with Gasteiger partial charge in [0.25, 0.3) is 5.56 Å². The zero-order valence-corrected chi connectivity index (χ0v) is 18.3. The molecular formula is C25H25FN4O2. The zero-order valence-electron chi connectivity index (χ0n) is 18.3. The average Bonchev–Trinajstić information content (AvgIpc) is 2.73. The number of hydrogen-bond acceptors (Lipinski definition) is 5. The van der Waals surface area contributed by atoms with Gasteiger partial charge in [-0.25, -0.2) is 9.37 Å². The summed E-state index contributed by atoms with van der Waals surface area (Å²) in [6.07, 6.45) is 3.47. The SMILES string of the molecule is C=C(C)/N=C(C)\C=C(/N)Oc1ccc(-c2cnc(Cc3ccccc3)n(C)c2=O)cc1F. The highest BCUT2D eigenvalue weighted by Crippen LogP contribution is 2.24. The van der Waals surface area contributed by atoms with Gasteiger partial charge in [-0.2, -0.15) is 0 Å². The minimum absolute atomic E-state index is 0.0120. The summed E-state index contributed by atoms with van der Waals surface area (Å²) in [5.41, 5.74) is 8.50. The van der Waals surface area contributed by atoms with E-state index in [1.807, 2.05) is 30.3 Å². The Hall–Kier alpha value is -4.00. The molecule has 0 bridgehead atoms. The van der Waals surface area contributed by atoms with Crippen LogP contribution in [0, 0.1) is 5.82 Å². The molecule has 7 heteroatoms. The zero-order chi connectivity index (χ0) is 23.3. The van der Waals surface area contributed by atoms with Gasteiger partial charge in [-0.15, -0.1) is 0 Å². The van der Waals surface area contributed by atoms with Crippen LogP contribution < -0.4 is 16.0 Å². The molecule has 2 aromatic carbocycles. The maximum Gasteiger partial charge on any atom is 0.261 e. The first-order valence-corrected chi connectivity index (χ1v) is 9.99. The number of nitrogens with two attached hydrogens (primary N) is 1. The predicted molar refractivity (Wildman–Crippen MR) is 125 cm³/mol. The largest absolute Gasteiger partial charge is 0.438 e. The number of nitrogens with zero attached hydrogens (tertiary/aromatic N) is 3. The van der Waals surface area contributed by atoms with E-state index in [0.29, 0.717) is 34.8 Å². The van der Waals surface area contributed by atoms with E-state index in [1.165, 1.54) is 29.0 Å². The van der Waals surface area contributed by atoms with E-state index in [0.717, 1.165) is 5.56 Å². The molecule has 32 heavy (non-hydrogen) atoms. The lowest BCUT2D eigenvalue weighted by Crippen LogP contribution is -2.23. The smallest absolute Gasteiger partial charge is 0.261 e. The van der Waals surface area contributed by atoms with Crippen LogP contribution in [-0.4, -0.2) is 15.3 Å². The van der Waals surface area contributed by atoms with Crippen LogP contribution in [0.4, 0.5) is 4.39 Å². The highest BCUT2D eigenvalue weighted by Gasteiger charge is 2.13. The van der Waals surface area contributed by atoms with E-state index in [1.54, 1.807) is 27.0 Å². The summed E-state index contributed by atoms with van der Waals surface area (Å²) in [6.45, 7) is 7.17. The van der Waals surface area contributed by atoms with Crippen molar-refractivity contribution in [2.24, 2.45) is 17.8 Å². The van der Waals surface area contributed by atoms with Crippen molar-refractivity contribution >= 4 is 5.71 Å². The minimum atomic E-state index is -0.649. The number of allylic oxidation sites excluding steroid dienone is 2. The van der Waals surface area contributed by atoms with Crippen molar-refractivity contribution in [3.63, 3.8) is 0 Å². The molecule has 0 saturated heterocycles. The molecule has 0 radical (unpaired) electrons. The molecule has 2 N–H and O–H groups in total. The Bertz CT molecular complexity index is 1260. The number of aliphatic imine (C=N–C) groups is 1. The second-order valence-electron chi connectivity index (χ2n) is 7.40. The molecule has 0 atom stereocenters. The molecule has 0 unspecified atom stereocenters. The van der Waals surface area contributed by atoms with Crippen LogP contribution in [0.3, 0.4) is 0 Å². The Morgan fingerprint density at radius 3 is 2.62 bits per heavy atom. The molecular weight excluding hydrogens is 407 g/mol. The number of rotatable bonds is 7. The lowest BCUT2D eigenvalue weighted by Gasteiger charge is -2.11. The molecule has 0 aliphatic rings. The highest BCUT2D eigenvalue weighted by atomic mass is 19.1. The molecule has 0 saturated carbocycles. The topological polar surface area (TPSA) is 82.5 Å². The van der Waals surface area contributed by atoms with Crippen molar-refractivity contribution in [2.45, 2.75) is 20.3 Å². The summed E-state index contributed by atoms with van der Waals surface area (Å²) in [5.74, 6) is -0.100. The second-order valence-corrected chi connectivity index (χ2v) is 7.40. The monoisotopic (exact) mass is 432 g/mol. The summed E-state index contributed by atoms with van der Waals surface area (Å²) >= 11 is 0. The molecule has 164 valence electrons. The van der Waals surface area contributed by atoms with E-state index in [9.17, 15) is 9.18 Å². The van der Waals surface area contributed by atoms with Gasteiger partial charge in [-0.3, -0.25) is 14.4 Å². The third kappa shape index (κ3) is 5.57. The van der Waals surface area contributed by atoms with Crippen molar-refractivity contribution in [3.05, 3.63) is 107 Å². The van der Waals surface area contributed by atoms with Gasteiger partial charge < -0.3 is 10.5 Å². The van der Waals surface area contributed by atoms with Crippen LogP contribution in [0.5, 0.6) is 5.75 Å². The second kappa shape index (κ2) is 9.87. The summed E-state index contributed by atoms with van der Waals surface area (Å²) in [4.78, 5) is 21.4. The summed E-state index contributed by atoms with van der Waals surface area (Å²) in [7, 11) is 1.66. The molecule has 0 aliphatic heterocycles. The third-order valence-electron chi connectivity index (χ3n) is 4.66. The highest BCUT2D eigenvalue weighted by molar-refractivity contribution is 5.93. The van der Waals surface area contributed by atoms with Crippen LogP contribution in [-0.2, 0) is 13.5 Å². The summed E-state index contributed by atoms with van der Waals surface area (Å²) in [5, 5.41) is 0. The van der Waals surface area contributed by atoms with Crippen LogP contribution in [0.25, 0.3) is 11.1 Å². The Labute approximate surface area is 186 Å². The fraction of sp³-hybridized carbons (Fsp3) is 0.160. The van der Waals surface area contributed by atoms with E-state index in [4.69, 9.17) is 10.5 Å². The number of ether oxygens (including phenoxy) is 1. The minimum Gasteiger partial charge on any atom is -0.438 e. The van der Waals surface area contributed by atoms with Gasteiger partial charge in [0.2, 0.25) is 0 Å². The maximum atomic E-state index is 14.7. The maximum absolute atomic E-state index is 14.7. The molecule has 1 aromatic heterocycles. The van der Waals surface area contributed by atoms with Crippen molar-refractivity contribution in [1.29, 1.82) is 0 Å². The van der Waals surface area contributed by atoms with Gasteiger partial charge in [0, 0.05) is 37.2 Å². The number of benzene rings is 2. The first kappa shape index (κ1) is 22.7. The Kier molecular flexibility index (Phi) is 7.00. The van der Waals surface area contributed by atoms with Gasteiger partial charge in [0.1, 0.15) is 5.82 Å². The standard InChI is InChI=1S/C25H25FN4O2/c1-16(2)29-17(3)12-23(27)32-22-11-10-19(14-21(22)26)20-15-28-24(30(4)25(20)31)13-18-8-6-5-7-9-18/h5-12,14-15H,1,13,27H2,2-4H3/b23-12+,29-17-. The van der Waals surface area contributed by atoms with Crippen LogP contribution in [0.1, 0.15) is 25.2 Å². The first-order chi connectivity index (χ1) is 15.2. The number of halogens is 1. The predicted octanol–water partition coefficient (Wildman–Crippen LogP) is 4.35. The van der Waals surface area contributed by atoms with Crippen LogP contribution in [0.2, 0.25) is 0 Å². The molecule has 3 rings (SSSR count). The molecule has 6 nitrogen and oxygen atoms in total. The van der Waals surface area contributed by atoms with Crippen molar-refractivity contribution in [1.82, 2.24) is 9.55 Å². The van der Waals surface area contributed by atoms with Crippen LogP contribution in [0.15, 0.2) is 88.7 Å². The van der Waals surface area contributed by atoms with Gasteiger partial charge in [0.15, 0.2) is 17.4 Å². The lowest BCUT2D eigenvalue weighted by molar-refractivity contribution is 0.393. The fourth-order valence-corrected chi connectivity index (χ4v) is 3.17. The molecule has 0 fully saturated rings. The summed E-state index contributed by atoms with van der Waals surface area (Å²) < 4.78 is 21.5. The first-order valence-electron chi connectivity index (χ1n) is 9.99. The van der Waals surface area contributed by atoms with E-state index < -0.39 is 5.82 Å². The number of aromatic nitrogens is 2. The Balaban J connectivity index is 1.84. The molecule has 3 aromatic rings. The lowest BCUT2D eigenvalue weighted by atomic mass is 10.1. The van der Waals surface area contributed by atoms with Crippen molar-refractivity contribution in [3.8, 4) is 16.9 Å². The van der Waals surface area contributed by atoms with Crippen LogP contribution >= 0.6 is 0 Å². The Morgan fingerprint density at radius 1 is 1.25 bits per heavy atom. The normalized spacial score (nSPS) is 12.0. The fourth-order valence-electron chi connectivity index (χ4n) is 3.17. The van der Waals surface area contributed by atoms with Crippen molar-refractivity contribution in [2.75, 3.05) is 0 Å². The van der Waals surface area contributed by atoms with Gasteiger partial charge in [0.05, 0.1) is 5.56 Å². The molecule has 0 aliphatic carbocycles. The van der Waals surface area contributed by atoms with E-state index in [2.05, 4.69) is 16.6 Å². The molecule has 0 amide bonds. The average molecular weight is 432 g/mol. The molecule has 1 heterocycles. The van der Waals surface area contributed by atoms with Gasteiger partial charge in [-0.1, -0.05) is 43.0 Å². The number of hydrogen-bond donors (Lipinski definition) is 1. The van der Waals surface area contributed by atoms with E-state index in [-0.39, 0.29) is 17.2 Å².